The number of amides is 2. The third-order valence-electron chi connectivity index (χ3n) is 3.39. The number of nitrogens with zero attached hydrogens (tertiary/aromatic N) is 1. The van der Waals surface area contributed by atoms with E-state index >= 15 is 0 Å². The average Bonchev–Trinajstić information content (AvgIpc) is 2.47. The Morgan fingerprint density at radius 3 is 2.42 bits per heavy atom. The van der Waals surface area contributed by atoms with Crippen LogP contribution in [0.5, 0.6) is 0 Å². The van der Waals surface area contributed by atoms with Gasteiger partial charge in [-0.05, 0) is 24.1 Å². The number of carboxylic acid groups (broad SMARTS) is 1. The minimum absolute atomic E-state index is 0.0639. The highest BCUT2D eigenvalue weighted by Crippen LogP contribution is 2.22. The molecule has 0 saturated heterocycles. The van der Waals surface area contributed by atoms with Gasteiger partial charge in [0.15, 0.2) is 0 Å². The molecule has 0 fully saturated rings. The van der Waals surface area contributed by atoms with Gasteiger partial charge in [-0.25, -0.2) is 0 Å². The summed E-state index contributed by atoms with van der Waals surface area (Å²) in [4.78, 5) is 36.5. The second-order valence-electron chi connectivity index (χ2n) is 6.27. The third kappa shape index (κ3) is 5.85. The normalized spacial score (nSPS) is 11.9. The van der Waals surface area contributed by atoms with Gasteiger partial charge >= 0.3 is 5.97 Å². The number of halogens is 1. The van der Waals surface area contributed by atoms with Crippen molar-refractivity contribution in [2.24, 2.45) is 11.8 Å². The molecule has 1 unspecified atom stereocenters. The number of benzene rings is 1. The van der Waals surface area contributed by atoms with Crippen LogP contribution in [0.1, 0.15) is 37.6 Å². The third-order valence-corrected chi connectivity index (χ3v) is 3.72. The molecule has 6 nitrogen and oxygen atoms in total. The van der Waals surface area contributed by atoms with E-state index in [4.69, 9.17) is 16.7 Å². The number of aliphatic carboxylic acids is 1. The van der Waals surface area contributed by atoms with Crippen LogP contribution in [-0.4, -0.2) is 41.4 Å². The van der Waals surface area contributed by atoms with Crippen molar-refractivity contribution in [2.45, 2.75) is 27.2 Å². The fourth-order valence-corrected chi connectivity index (χ4v) is 2.33. The number of rotatable bonds is 7. The van der Waals surface area contributed by atoms with E-state index in [0.29, 0.717) is 12.1 Å². The van der Waals surface area contributed by atoms with Crippen molar-refractivity contribution in [1.82, 2.24) is 4.90 Å². The number of hydrogen-bond acceptors (Lipinski definition) is 3. The Kier molecular flexibility index (Phi) is 7.22. The van der Waals surface area contributed by atoms with Gasteiger partial charge in [-0.15, -0.1) is 0 Å². The Morgan fingerprint density at radius 2 is 1.88 bits per heavy atom. The average molecular weight is 355 g/mol. The quantitative estimate of drug-likeness (QED) is 0.787. The Bertz CT molecular complexity index is 631. The SMILES string of the molecule is CC(C)CC(=O)Nc1ccc(Cl)c(C(=O)N(C)CC(C)C(=O)O)c1. The van der Waals surface area contributed by atoms with Crippen molar-refractivity contribution in [3.05, 3.63) is 28.8 Å². The standard InChI is InChI=1S/C17H23ClN2O4/c1-10(2)7-15(21)19-12-5-6-14(18)13(8-12)16(22)20(4)9-11(3)17(23)24/h5-6,8,10-11H,7,9H2,1-4H3,(H,19,21)(H,23,24). The molecule has 0 aliphatic carbocycles. The Balaban J connectivity index is 2.90. The molecule has 7 heteroatoms. The zero-order valence-electron chi connectivity index (χ0n) is 14.3. The summed E-state index contributed by atoms with van der Waals surface area (Å²) in [5.41, 5.74) is 0.701. The van der Waals surface area contributed by atoms with E-state index in [1.807, 2.05) is 13.8 Å². The molecular weight excluding hydrogens is 332 g/mol. The van der Waals surface area contributed by atoms with Gasteiger partial charge in [-0.3, -0.25) is 14.4 Å². The Hall–Kier alpha value is -2.08. The zero-order chi connectivity index (χ0) is 18.4. The highest BCUT2D eigenvalue weighted by atomic mass is 35.5. The van der Waals surface area contributed by atoms with Crippen LogP contribution in [0.2, 0.25) is 5.02 Å². The summed E-state index contributed by atoms with van der Waals surface area (Å²) >= 11 is 6.08. The van der Waals surface area contributed by atoms with E-state index in [1.54, 1.807) is 6.07 Å². The van der Waals surface area contributed by atoms with Crippen LogP contribution in [0.3, 0.4) is 0 Å². The van der Waals surface area contributed by atoms with E-state index in [9.17, 15) is 14.4 Å². The zero-order valence-corrected chi connectivity index (χ0v) is 15.1. The van der Waals surface area contributed by atoms with E-state index < -0.39 is 17.8 Å². The molecule has 0 aliphatic rings. The second kappa shape index (κ2) is 8.68. The van der Waals surface area contributed by atoms with Gasteiger partial charge in [0.2, 0.25) is 5.91 Å². The molecule has 1 rings (SSSR count). The van der Waals surface area contributed by atoms with Gasteiger partial charge in [0.25, 0.3) is 5.91 Å². The van der Waals surface area contributed by atoms with Crippen LogP contribution in [0, 0.1) is 11.8 Å². The minimum Gasteiger partial charge on any atom is -0.481 e. The second-order valence-corrected chi connectivity index (χ2v) is 6.67. The molecule has 2 N–H and O–H groups in total. The predicted molar refractivity (Wildman–Crippen MR) is 93.3 cm³/mol. The van der Waals surface area contributed by atoms with Crippen molar-refractivity contribution in [1.29, 1.82) is 0 Å². The largest absolute Gasteiger partial charge is 0.481 e. The Labute approximate surface area is 146 Å². The van der Waals surface area contributed by atoms with Crippen molar-refractivity contribution in [3.63, 3.8) is 0 Å². The van der Waals surface area contributed by atoms with Crippen LogP contribution in [0.15, 0.2) is 18.2 Å². The summed E-state index contributed by atoms with van der Waals surface area (Å²) in [6.45, 7) is 5.47. The number of nitrogens with one attached hydrogen (secondary N) is 1. The summed E-state index contributed by atoms with van der Waals surface area (Å²) in [6.07, 6.45) is 0.377. The molecule has 0 aliphatic heterocycles. The lowest BCUT2D eigenvalue weighted by Gasteiger charge is -2.20. The highest BCUT2D eigenvalue weighted by molar-refractivity contribution is 6.34. The maximum absolute atomic E-state index is 12.5. The fraction of sp³-hybridized carbons (Fsp3) is 0.471. The first-order valence-electron chi connectivity index (χ1n) is 7.69. The number of carboxylic acids is 1. The first-order valence-corrected chi connectivity index (χ1v) is 8.07. The van der Waals surface area contributed by atoms with Crippen LogP contribution < -0.4 is 5.32 Å². The molecule has 1 aromatic carbocycles. The van der Waals surface area contributed by atoms with Gasteiger partial charge in [-0.2, -0.15) is 0 Å². The summed E-state index contributed by atoms with van der Waals surface area (Å²) in [7, 11) is 1.52. The predicted octanol–water partition coefficient (Wildman–Crippen LogP) is 3.12. The molecule has 0 heterocycles. The lowest BCUT2D eigenvalue weighted by atomic mass is 10.1. The molecule has 2 amide bonds. The number of anilines is 1. The van der Waals surface area contributed by atoms with Crippen LogP contribution in [0.4, 0.5) is 5.69 Å². The van der Waals surface area contributed by atoms with Gasteiger partial charge in [-0.1, -0.05) is 32.4 Å². The van der Waals surface area contributed by atoms with Gasteiger partial charge < -0.3 is 15.3 Å². The van der Waals surface area contributed by atoms with E-state index in [1.165, 1.54) is 31.0 Å². The first kappa shape index (κ1) is 20.0. The topological polar surface area (TPSA) is 86.7 Å². The molecule has 132 valence electrons. The lowest BCUT2D eigenvalue weighted by molar-refractivity contribution is -0.141. The molecule has 24 heavy (non-hydrogen) atoms. The van der Waals surface area contributed by atoms with E-state index in [2.05, 4.69) is 5.32 Å². The molecule has 0 saturated carbocycles. The molecule has 1 atom stereocenters. The van der Waals surface area contributed by atoms with Gasteiger partial charge in [0.1, 0.15) is 0 Å². The Morgan fingerprint density at radius 1 is 1.25 bits per heavy atom. The number of carbonyl (C=O) groups excluding carboxylic acids is 2. The summed E-state index contributed by atoms with van der Waals surface area (Å²) in [6, 6.07) is 4.66. The van der Waals surface area contributed by atoms with Crippen molar-refractivity contribution >= 4 is 35.1 Å². The summed E-state index contributed by atoms with van der Waals surface area (Å²) < 4.78 is 0. The van der Waals surface area contributed by atoms with Crippen LogP contribution in [-0.2, 0) is 9.59 Å². The molecule has 0 aromatic heterocycles. The van der Waals surface area contributed by atoms with E-state index in [0.717, 1.165) is 0 Å². The molecule has 0 spiro atoms. The fourth-order valence-electron chi connectivity index (χ4n) is 2.13. The lowest BCUT2D eigenvalue weighted by Crippen LogP contribution is -2.33. The first-order chi connectivity index (χ1) is 11.1. The van der Waals surface area contributed by atoms with Crippen molar-refractivity contribution in [2.75, 3.05) is 18.9 Å². The van der Waals surface area contributed by atoms with Crippen LogP contribution >= 0.6 is 11.6 Å². The van der Waals surface area contributed by atoms with Gasteiger partial charge in [0, 0.05) is 25.7 Å². The highest BCUT2D eigenvalue weighted by Gasteiger charge is 2.21. The summed E-state index contributed by atoms with van der Waals surface area (Å²) in [5, 5.41) is 11.9. The monoisotopic (exact) mass is 354 g/mol. The number of hydrogen-bond donors (Lipinski definition) is 2. The maximum atomic E-state index is 12.5. The molecule has 0 radical (unpaired) electrons. The molecular formula is C17H23ClN2O4. The molecule has 1 aromatic rings. The van der Waals surface area contributed by atoms with E-state index in [-0.39, 0.29) is 29.0 Å². The smallest absolute Gasteiger partial charge is 0.308 e. The van der Waals surface area contributed by atoms with Crippen LogP contribution in [0.25, 0.3) is 0 Å². The van der Waals surface area contributed by atoms with Crippen molar-refractivity contribution in [3.8, 4) is 0 Å². The maximum Gasteiger partial charge on any atom is 0.308 e. The summed E-state index contributed by atoms with van der Waals surface area (Å²) in [5.74, 6) is -1.98. The number of carbonyl (C=O) groups is 3. The minimum atomic E-state index is -0.976. The van der Waals surface area contributed by atoms with Crippen molar-refractivity contribution < 1.29 is 19.5 Å². The van der Waals surface area contributed by atoms with Gasteiger partial charge in [0.05, 0.1) is 16.5 Å². The molecule has 0 bridgehead atoms.